The van der Waals surface area contributed by atoms with E-state index in [0.717, 1.165) is 5.69 Å². The number of pyridine rings is 1. The highest BCUT2D eigenvalue weighted by Crippen LogP contribution is 2.20. The minimum atomic E-state index is -0.189. The Morgan fingerprint density at radius 2 is 2.20 bits per heavy atom. The molecule has 0 saturated carbocycles. The summed E-state index contributed by atoms with van der Waals surface area (Å²) in [6.45, 7) is 5.62. The largest absolute Gasteiger partial charge is 0.331 e. The molecule has 3 aromatic rings. The first-order chi connectivity index (χ1) is 12.1. The van der Waals surface area contributed by atoms with Gasteiger partial charge in [0.25, 0.3) is 0 Å². The van der Waals surface area contributed by atoms with Gasteiger partial charge in [0.1, 0.15) is 12.7 Å². The Kier molecular flexibility index (Phi) is 5.55. The maximum Gasteiger partial charge on any atom is 0.227 e. The molecule has 1 unspecified atom stereocenters. The number of rotatable bonds is 7. The molecular weight excluding hydrogens is 334 g/mol. The average Bonchev–Trinajstić information content (AvgIpc) is 3.27. The van der Waals surface area contributed by atoms with Crippen molar-refractivity contribution in [1.82, 2.24) is 24.6 Å². The normalized spacial score (nSPS) is 12.1. The number of carbonyl (C=O) groups is 1. The van der Waals surface area contributed by atoms with Crippen LogP contribution in [-0.2, 0) is 24.4 Å². The molecule has 3 aromatic heterocycles. The van der Waals surface area contributed by atoms with E-state index in [4.69, 9.17) is 0 Å². The first kappa shape index (κ1) is 17.3. The van der Waals surface area contributed by atoms with Crippen LogP contribution in [0.1, 0.15) is 23.1 Å². The van der Waals surface area contributed by atoms with E-state index in [1.54, 1.807) is 28.5 Å². The number of hydrogen-bond acceptors (Lipinski definition) is 5. The predicted molar refractivity (Wildman–Crippen MR) is 96.7 cm³/mol. The number of carbonyl (C=O) groups excluding carboxylic acids is 1. The summed E-state index contributed by atoms with van der Waals surface area (Å²) in [7, 11) is 0. The van der Waals surface area contributed by atoms with E-state index in [9.17, 15) is 4.79 Å². The summed E-state index contributed by atoms with van der Waals surface area (Å²) in [5.41, 5.74) is 2.10. The van der Waals surface area contributed by atoms with Crippen LogP contribution in [0.25, 0.3) is 0 Å². The Bertz CT molecular complexity index is 800. The third-order valence-electron chi connectivity index (χ3n) is 4.04. The predicted octanol–water partition coefficient (Wildman–Crippen LogP) is 2.91. The van der Waals surface area contributed by atoms with Crippen LogP contribution in [-0.4, -0.2) is 30.6 Å². The van der Waals surface area contributed by atoms with Crippen LogP contribution in [0, 0.1) is 12.8 Å². The van der Waals surface area contributed by atoms with Crippen LogP contribution in [0.5, 0.6) is 0 Å². The van der Waals surface area contributed by atoms with Gasteiger partial charge < -0.3 is 4.90 Å². The van der Waals surface area contributed by atoms with E-state index >= 15 is 0 Å². The van der Waals surface area contributed by atoms with Crippen molar-refractivity contribution in [2.75, 3.05) is 0 Å². The van der Waals surface area contributed by atoms with E-state index in [1.807, 2.05) is 30.0 Å². The van der Waals surface area contributed by atoms with E-state index in [1.165, 1.54) is 16.8 Å². The SMILES string of the molecule is Cc1ccsc1CN(Cc1ccccn1)C(=O)C(C)Cn1cncn1. The van der Waals surface area contributed by atoms with E-state index in [0.29, 0.717) is 19.6 Å². The lowest BCUT2D eigenvalue weighted by molar-refractivity contribution is -0.136. The molecule has 0 spiro atoms. The fraction of sp³-hybridized carbons (Fsp3) is 0.333. The lowest BCUT2D eigenvalue weighted by Crippen LogP contribution is -2.36. The highest BCUT2D eigenvalue weighted by molar-refractivity contribution is 7.10. The number of aromatic nitrogens is 4. The molecule has 0 aliphatic rings. The zero-order valence-electron chi connectivity index (χ0n) is 14.4. The fourth-order valence-corrected chi connectivity index (χ4v) is 3.56. The molecule has 130 valence electrons. The van der Waals surface area contributed by atoms with Crippen LogP contribution in [0.15, 0.2) is 48.5 Å². The molecular formula is C18H21N5OS. The monoisotopic (exact) mass is 355 g/mol. The molecule has 0 radical (unpaired) electrons. The topological polar surface area (TPSA) is 63.9 Å². The highest BCUT2D eigenvalue weighted by Gasteiger charge is 2.23. The van der Waals surface area contributed by atoms with Crippen molar-refractivity contribution in [3.63, 3.8) is 0 Å². The summed E-state index contributed by atoms with van der Waals surface area (Å²) < 4.78 is 1.69. The Balaban J connectivity index is 1.76. The maximum atomic E-state index is 13.1. The smallest absolute Gasteiger partial charge is 0.227 e. The van der Waals surface area contributed by atoms with Crippen molar-refractivity contribution >= 4 is 17.2 Å². The summed E-state index contributed by atoms with van der Waals surface area (Å²) in [6.07, 6.45) is 4.88. The fourth-order valence-electron chi connectivity index (χ4n) is 2.64. The van der Waals surface area contributed by atoms with Gasteiger partial charge in [-0.3, -0.25) is 14.5 Å². The standard InChI is InChI=1S/C18H21N5OS/c1-14-6-8-25-17(14)11-22(10-16-5-3-4-7-20-16)18(24)15(2)9-23-13-19-12-21-23/h3-8,12-13,15H,9-11H2,1-2H3. The Labute approximate surface area is 151 Å². The molecule has 0 aliphatic heterocycles. The summed E-state index contributed by atoms with van der Waals surface area (Å²) in [6, 6.07) is 7.86. The number of aryl methyl sites for hydroxylation is 1. The van der Waals surface area contributed by atoms with Crippen molar-refractivity contribution in [1.29, 1.82) is 0 Å². The molecule has 0 N–H and O–H groups in total. The zero-order valence-corrected chi connectivity index (χ0v) is 15.2. The number of hydrogen-bond donors (Lipinski definition) is 0. The first-order valence-electron chi connectivity index (χ1n) is 8.17. The third-order valence-corrected chi connectivity index (χ3v) is 5.05. The van der Waals surface area contributed by atoms with Crippen molar-refractivity contribution in [3.05, 3.63) is 64.6 Å². The Morgan fingerprint density at radius 1 is 1.32 bits per heavy atom. The van der Waals surface area contributed by atoms with Crippen LogP contribution in [0.2, 0.25) is 0 Å². The summed E-state index contributed by atoms with van der Waals surface area (Å²) in [5.74, 6) is -0.0976. The van der Waals surface area contributed by atoms with Crippen LogP contribution in [0.4, 0.5) is 0 Å². The molecule has 0 bridgehead atoms. The average molecular weight is 355 g/mol. The Morgan fingerprint density at radius 3 is 2.84 bits per heavy atom. The first-order valence-corrected chi connectivity index (χ1v) is 9.05. The van der Waals surface area contributed by atoms with Crippen LogP contribution < -0.4 is 0 Å². The van der Waals surface area contributed by atoms with Gasteiger partial charge in [-0.05, 0) is 36.1 Å². The van der Waals surface area contributed by atoms with Crippen molar-refractivity contribution in [2.24, 2.45) is 5.92 Å². The van der Waals surface area contributed by atoms with Gasteiger partial charge in [-0.15, -0.1) is 11.3 Å². The molecule has 1 amide bonds. The van der Waals surface area contributed by atoms with E-state index in [2.05, 4.69) is 33.4 Å². The van der Waals surface area contributed by atoms with Gasteiger partial charge in [-0.2, -0.15) is 5.10 Å². The molecule has 0 saturated heterocycles. The molecule has 3 heterocycles. The summed E-state index contributed by atoms with van der Waals surface area (Å²) in [4.78, 5) is 24.4. The molecule has 7 heteroatoms. The highest BCUT2D eigenvalue weighted by atomic mass is 32.1. The number of nitrogens with zero attached hydrogens (tertiary/aromatic N) is 5. The van der Waals surface area contributed by atoms with Gasteiger partial charge in [-0.1, -0.05) is 13.0 Å². The van der Waals surface area contributed by atoms with Crippen LogP contribution >= 0.6 is 11.3 Å². The maximum absolute atomic E-state index is 13.1. The second-order valence-corrected chi connectivity index (χ2v) is 7.06. The number of thiophene rings is 1. The van der Waals surface area contributed by atoms with Gasteiger partial charge >= 0.3 is 0 Å². The molecule has 0 aliphatic carbocycles. The van der Waals surface area contributed by atoms with Crippen molar-refractivity contribution in [3.8, 4) is 0 Å². The Hall–Kier alpha value is -2.54. The van der Waals surface area contributed by atoms with Gasteiger partial charge in [-0.25, -0.2) is 4.98 Å². The van der Waals surface area contributed by atoms with E-state index < -0.39 is 0 Å². The second-order valence-electron chi connectivity index (χ2n) is 6.06. The number of amides is 1. The molecule has 0 fully saturated rings. The second kappa shape index (κ2) is 8.02. The molecule has 6 nitrogen and oxygen atoms in total. The quantitative estimate of drug-likeness (QED) is 0.654. The molecule has 3 rings (SSSR count). The van der Waals surface area contributed by atoms with Gasteiger partial charge in [0.05, 0.1) is 31.2 Å². The third kappa shape index (κ3) is 4.51. The lowest BCUT2D eigenvalue weighted by atomic mass is 10.1. The molecule has 25 heavy (non-hydrogen) atoms. The lowest BCUT2D eigenvalue weighted by Gasteiger charge is -2.25. The summed E-state index contributed by atoms with van der Waals surface area (Å²) >= 11 is 1.68. The minimum absolute atomic E-state index is 0.0916. The molecule has 0 aromatic carbocycles. The zero-order chi connectivity index (χ0) is 17.6. The van der Waals surface area contributed by atoms with E-state index in [-0.39, 0.29) is 11.8 Å². The van der Waals surface area contributed by atoms with Crippen molar-refractivity contribution in [2.45, 2.75) is 33.5 Å². The summed E-state index contributed by atoms with van der Waals surface area (Å²) in [5, 5.41) is 6.16. The van der Waals surface area contributed by atoms with Gasteiger partial charge in [0.2, 0.25) is 5.91 Å². The van der Waals surface area contributed by atoms with Crippen LogP contribution in [0.3, 0.4) is 0 Å². The minimum Gasteiger partial charge on any atom is -0.331 e. The molecule has 1 atom stereocenters. The van der Waals surface area contributed by atoms with Gasteiger partial charge in [0.15, 0.2) is 0 Å². The van der Waals surface area contributed by atoms with Gasteiger partial charge in [0, 0.05) is 11.1 Å². The van der Waals surface area contributed by atoms with Crippen molar-refractivity contribution < 1.29 is 4.79 Å².